The van der Waals surface area contributed by atoms with Gasteiger partial charge in [-0.05, 0) is 6.42 Å². The minimum Gasteiger partial charge on any atom is -0.377 e. The Morgan fingerprint density at radius 2 is 1.94 bits per heavy atom. The first kappa shape index (κ1) is 14.7. The highest BCUT2D eigenvalue weighted by molar-refractivity contribution is 5.47. The van der Waals surface area contributed by atoms with E-state index in [9.17, 15) is 0 Å². The molecular weight excluding hydrogens is 228 g/mol. The summed E-state index contributed by atoms with van der Waals surface area (Å²) in [4.78, 5) is 8.71. The largest absolute Gasteiger partial charge is 0.377 e. The number of nitrogens with one attached hydrogen (secondary N) is 2. The standard InChI is InChI=1S/C13H24N4O/c1-4-5-6-7-8-15-12-9-11(14-2)16-13(17-12)10-18-3/h9H,4-8,10H2,1-3H3,(H2,14,15,16,17). The van der Waals surface area contributed by atoms with E-state index < -0.39 is 0 Å². The summed E-state index contributed by atoms with van der Waals surface area (Å²) in [5, 5.41) is 6.36. The van der Waals surface area contributed by atoms with Crippen LogP contribution in [0.25, 0.3) is 0 Å². The Labute approximate surface area is 109 Å². The summed E-state index contributed by atoms with van der Waals surface area (Å²) >= 11 is 0. The van der Waals surface area contributed by atoms with Gasteiger partial charge in [-0.15, -0.1) is 0 Å². The van der Waals surface area contributed by atoms with Gasteiger partial charge in [0, 0.05) is 26.8 Å². The summed E-state index contributed by atoms with van der Waals surface area (Å²) < 4.78 is 5.06. The highest BCUT2D eigenvalue weighted by atomic mass is 16.5. The molecule has 18 heavy (non-hydrogen) atoms. The van der Waals surface area contributed by atoms with Crippen LogP contribution in [0.4, 0.5) is 11.6 Å². The van der Waals surface area contributed by atoms with Gasteiger partial charge in [0.05, 0.1) is 0 Å². The van der Waals surface area contributed by atoms with Crippen molar-refractivity contribution in [1.29, 1.82) is 0 Å². The van der Waals surface area contributed by atoms with Crippen LogP contribution in [0, 0.1) is 0 Å². The van der Waals surface area contributed by atoms with Crippen molar-refractivity contribution in [2.45, 2.75) is 39.2 Å². The fourth-order valence-electron chi connectivity index (χ4n) is 1.68. The maximum atomic E-state index is 5.06. The summed E-state index contributed by atoms with van der Waals surface area (Å²) in [7, 11) is 3.50. The van der Waals surface area contributed by atoms with Crippen molar-refractivity contribution >= 4 is 11.6 Å². The summed E-state index contributed by atoms with van der Waals surface area (Å²) in [6.07, 6.45) is 4.99. The summed E-state index contributed by atoms with van der Waals surface area (Å²) in [5.74, 6) is 2.37. The highest BCUT2D eigenvalue weighted by Crippen LogP contribution is 2.11. The van der Waals surface area contributed by atoms with Crippen LogP contribution in [-0.2, 0) is 11.3 Å². The van der Waals surface area contributed by atoms with Gasteiger partial charge in [-0.3, -0.25) is 0 Å². The molecule has 5 nitrogen and oxygen atoms in total. The number of methoxy groups -OCH3 is 1. The van der Waals surface area contributed by atoms with Gasteiger partial charge in [0.25, 0.3) is 0 Å². The Balaban J connectivity index is 2.50. The van der Waals surface area contributed by atoms with Crippen molar-refractivity contribution in [1.82, 2.24) is 9.97 Å². The Hall–Kier alpha value is -1.36. The van der Waals surface area contributed by atoms with Crippen LogP contribution in [-0.4, -0.2) is 30.7 Å². The number of ether oxygens (including phenoxy) is 1. The van der Waals surface area contributed by atoms with Gasteiger partial charge in [0.1, 0.15) is 18.2 Å². The molecule has 0 aliphatic rings. The SMILES string of the molecule is CCCCCCNc1cc(NC)nc(COC)n1. The maximum Gasteiger partial charge on any atom is 0.158 e. The molecule has 1 rings (SSSR count). The number of unbranched alkanes of at least 4 members (excludes halogenated alkanes) is 3. The predicted octanol–water partition coefficient (Wildman–Crippen LogP) is 2.66. The molecule has 0 saturated heterocycles. The molecule has 0 aromatic carbocycles. The third-order valence-corrected chi connectivity index (χ3v) is 2.64. The number of nitrogens with zero attached hydrogens (tertiary/aromatic N) is 2. The molecular formula is C13H24N4O. The zero-order chi connectivity index (χ0) is 13.2. The van der Waals surface area contributed by atoms with Gasteiger partial charge < -0.3 is 15.4 Å². The van der Waals surface area contributed by atoms with Crippen LogP contribution < -0.4 is 10.6 Å². The number of hydrogen-bond acceptors (Lipinski definition) is 5. The predicted molar refractivity (Wildman–Crippen MR) is 74.9 cm³/mol. The maximum absolute atomic E-state index is 5.06. The average Bonchev–Trinajstić information content (AvgIpc) is 2.38. The molecule has 0 atom stereocenters. The molecule has 5 heteroatoms. The Morgan fingerprint density at radius 1 is 1.17 bits per heavy atom. The van der Waals surface area contributed by atoms with E-state index in [0.717, 1.165) is 18.2 Å². The highest BCUT2D eigenvalue weighted by Gasteiger charge is 2.03. The molecule has 1 heterocycles. The minimum absolute atomic E-state index is 0.431. The van der Waals surface area contributed by atoms with Crippen LogP contribution >= 0.6 is 0 Å². The third-order valence-electron chi connectivity index (χ3n) is 2.64. The fraction of sp³-hybridized carbons (Fsp3) is 0.692. The first-order chi connectivity index (χ1) is 8.80. The molecule has 0 aliphatic heterocycles. The lowest BCUT2D eigenvalue weighted by Gasteiger charge is -2.09. The molecule has 0 aliphatic carbocycles. The van der Waals surface area contributed by atoms with Crippen molar-refractivity contribution in [3.8, 4) is 0 Å². The van der Waals surface area contributed by atoms with Crippen LogP contribution in [0.1, 0.15) is 38.4 Å². The van der Waals surface area contributed by atoms with Gasteiger partial charge in [0.2, 0.25) is 0 Å². The first-order valence-corrected chi connectivity index (χ1v) is 6.58. The number of rotatable bonds is 9. The van der Waals surface area contributed by atoms with Gasteiger partial charge in [0.15, 0.2) is 5.82 Å². The van der Waals surface area contributed by atoms with Gasteiger partial charge in [-0.2, -0.15) is 0 Å². The van der Waals surface area contributed by atoms with Crippen molar-refractivity contribution in [2.24, 2.45) is 0 Å². The molecule has 0 unspecified atom stereocenters. The lowest BCUT2D eigenvalue weighted by molar-refractivity contribution is 0.178. The van der Waals surface area contributed by atoms with E-state index in [1.165, 1.54) is 25.7 Å². The molecule has 2 N–H and O–H groups in total. The molecule has 102 valence electrons. The first-order valence-electron chi connectivity index (χ1n) is 6.58. The molecule has 0 amide bonds. The van der Waals surface area contributed by atoms with Gasteiger partial charge in [-0.25, -0.2) is 9.97 Å². The summed E-state index contributed by atoms with van der Waals surface area (Å²) in [5.41, 5.74) is 0. The average molecular weight is 252 g/mol. The Bertz CT molecular complexity index is 344. The Kier molecular flexibility index (Phi) is 7.10. The van der Waals surface area contributed by atoms with E-state index in [4.69, 9.17) is 4.74 Å². The van der Waals surface area contributed by atoms with Crippen LogP contribution in [0.5, 0.6) is 0 Å². The van der Waals surface area contributed by atoms with E-state index in [2.05, 4.69) is 27.5 Å². The van der Waals surface area contributed by atoms with E-state index >= 15 is 0 Å². The lowest BCUT2D eigenvalue weighted by Crippen LogP contribution is -2.08. The van der Waals surface area contributed by atoms with Crippen molar-refractivity contribution in [2.75, 3.05) is 31.3 Å². The molecule has 0 saturated carbocycles. The normalized spacial score (nSPS) is 10.4. The monoisotopic (exact) mass is 252 g/mol. The molecule has 0 radical (unpaired) electrons. The number of hydrogen-bond donors (Lipinski definition) is 2. The second-order valence-electron chi connectivity index (χ2n) is 4.23. The molecule has 1 aromatic rings. The van der Waals surface area contributed by atoms with Crippen LogP contribution in [0.2, 0.25) is 0 Å². The summed E-state index contributed by atoms with van der Waals surface area (Å²) in [6, 6.07) is 1.92. The second-order valence-corrected chi connectivity index (χ2v) is 4.23. The van der Waals surface area contributed by atoms with E-state index in [1.807, 2.05) is 13.1 Å². The summed E-state index contributed by atoms with van der Waals surface area (Å²) in [6.45, 7) is 3.60. The topological polar surface area (TPSA) is 59.1 Å². The smallest absolute Gasteiger partial charge is 0.158 e. The Morgan fingerprint density at radius 3 is 2.61 bits per heavy atom. The van der Waals surface area contributed by atoms with E-state index in [-0.39, 0.29) is 0 Å². The quantitative estimate of drug-likeness (QED) is 0.662. The molecule has 1 aromatic heterocycles. The molecule has 0 spiro atoms. The fourth-order valence-corrected chi connectivity index (χ4v) is 1.68. The van der Waals surface area contributed by atoms with E-state index in [1.54, 1.807) is 7.11 Å². The van der Waals surface area contributed by atoms with Crippen molar-refractivity contribution in [3.63, 3.8) is 0 Å². The van der Waals surface area contributed by atoms with Gasteiger partial charge in [-0.1, -0.05) is 26.2 Å². The van der Waals surface area contributed by atoms with Gasteiger partial charge >= 0.3 is 0 Å². The third kappa shape index (κ3) is 5.31. The molecule has 0 fully saturated rings. The van der Waals surface area contributed by atoms with Crippen molar-refractivity contribution < 1.29 is 4.74 Å². The number of aromatic nitrogens is 2. The number of anilines is 2. The lowest BCUT2D eigenvalue weighted by atomic mass is 10.2. The minimum atomic E-state index is 0.431. The second kappa shape index (κ2) is 8.69. The zero-order valence-corrected chi connectivity index (χ0v) is 11.6. The van der Waals surface area contributed by atoms with Crippen LogP contribution in [0.15, 0.2) is 6.07 Å². The molecule has 0 bridgehead atoms. The van der Waals surface area contributed by atoms with Crippen molar-refractivity contribution in [3.05, 3.63) is 11.9 Å². The van der Waals surface area contributed by atoms with Crippen LogP contribution in [0.3, 0.4) is 0 Å². The van der Waals surface area contributed by atoms with E-state index in [0.29, 0.717) is 12.4 Å². The zero-order valence-electron chi connectivity index (χ0n) is 11.6.